The number of amides is 3. The third kappa shape index (κ3) is 7.06. The lowest BCUT2D eigenvalue weighted by atomic mass is 9.98. The van der Waals surface area contributed by atoms with Crippen LogP contribution in [0.1, 0.15) is 30.6 Å². The van der Waals surface area contributed by atoms with Crippen molar-refractivity contribution in [1.82, 2.24) is 20.5 Å². The second-order valence-electron chi connectivity index (χ2n) is 9.73. The molecule has 42 heavy (non-hydrogen) atoms. The Morgan fingerprint density at radius 2 is 1.90 bits per heavy atom. The molecule has 3 aromatic rings. The number of nitrogens with zero attached hydrogens (tertiary/aromatic N) is 3. The molecule has 2 aromatic carbocycles. The average molecular weight is 618 g/mol. The summed E-state index contributed by atoms with van der Waals surface area (Å²) in [6.07, 6.45) is 2.24. The van der Waals surface area contributed by atoms with Crippen LogP contribution < -0.4 is 25.6 Å². The van der Waals surface area contributed by atoms with Gasteiger partial charge in [0.1, 0.15) is 5.82 Å². The highest BCUT2D eigenvalue weighted by Crippen LogP contribution is 2.37. The summed E-state index contributed by atoms with van der Waals surface area (Å²) in [6, 6.07) is 11.2. The quantitative estimate of drug-likeness (QED) is 0.254. The van der Waals surface area contributed by atoms with Crippen LogP contribution in [0.3, 0.4) is 0 Å². The minimum absolute atomic E-state index is 0.0563. The van der Waals surface area contributed by atoms with Crippen LogP contribution in [0, 0.1) is 5.82 Å². The van der Waals surface area contributed by atoms with Crippen LogP contribution in [0.5, 0.6) is 5.88 Å². The van der Waals surface area contributed by atoms with E-state index < -0.39 is 11.7 Å². The van der Waals surface area contributed by atoms with Crippen molar-refractivity contribution in [2.24, 2.45) is 0 Å². The highest BCUT2D eigenvalue weighted by molar-refractivity contribution is 6.36. The van der Waals surface area contributed by atoms with E-state index in [2.05, 4.69) is 20.9 Å². The van der Waals surface area contributed by atoms with Gasteiger partial charge in [-0.15, -0.1) is 0 Å². The molecule has 1 atom stereocenters. The number of hydrogen-bond acceptors (Lipinski definition) is 6. The Balaban J connectivity index is 1.65. The van der Waals surface area contributed by atoms with Gasteiger partial charge in [0.15, 0.2) is 0 Å². The van der Waals surface area contributed by atoms with Crippen molar-refractivity contribution in [3.8, 4) is 17.0 Å². The number of pyridine rings is 1. The molecular formula is C30H35Cl2FN6O3. The van der Waals surface area contributed by atoms with E-state index in [1.54, 1.807) is 60.6 Å². The summed E-state index contributed by atoms with van der Waals surface area (Å²) in [6.45, 7) is 6.16. The molecule has 1 aliphatic heterocycles. The van der Waals surface area contributed by atoms with E-state index in [1.807, 2.05) is 18.7 Å². The lowest BCUT2D eigenvalue weighted by Crippen LogP contribution is -2.56. The first-order valence-electron chi connectivity index (χ1n) is 13.9. The highest BCUT2D eigenvalue weighted by atomic mass is 35.5. The molecule has 9 nitrogen and oxygen atoms in total. The maximum Gasteiger partial charge on any atom is 0.322 e. The van der Waals surface area contributed by atoms with Crippen molar-refractivity contribution in [2.45, 2.75) is 26.3 Å². The van der Waals surface area contributed by atoms with Crippen LogP contribution in [0.2, 0.25) is 10.0 Å². The molecule has 0 aliphatic carbocycles. The van der Waals surface area contributed by atoms with Crippen LogP contribution in [0.25, 0.3) is 11.1 Å². The number of benzene rings is 2. The number of aromatic nitrogens is 1. The second-order valence-corrected chi connectivity index (χ2v) is 10.6. The smallest absolute Gasteiger partial charge is 0.322 e. The minimum Gasteiger partial charge on any atom is -0.478 e. The number of urea groups is 1. The van der Waals surface area contributed by atoms with Crippen LogP contribution in [-0.4, -0.2) is 74.2 Å². The molecule has 1 saturated heterocycles. The summed E-state index contributed by atoms with van der Waals surface area (Å²) in [7, 11) is 1.78. The van der Waals surface area contributed by atoms with Crippen LogP contribution in [0.4, 0.5) is 20.6 Å². The SMILES string of the molecule is CCOc1ncccc1-c1ccc(N2CCN(C(=O)Nc3ccc(Cl)cc3Cl)C[C@H]2CC)c(C(=O)NCCNC)c1F. The van der Waals surface area contributed by atoms with E-state index in [9.17, 15) is 9.59 Å². The summed E-state index contributed by atoms with van der Waals surface area (Å²) >= 11 is 12.2. The number of halogens is 3. The monoisotopic (exact) mass is 616 g/mol. The Hall–Kier alpha value is -3.60. The third-order valence-electron chi connectivity index (χ3n) is 7.07. The summed E-state index contributed by atoms with van der Waals surface area (Å²) in [4.78, 5) is 34.6. The number of rotatable bonds is 10. The maximum atomic E-state index is 16.4. The predicted octanol–water partition coefficient (Wildman–Crippen LogP) is 5.68. The van der Waals surface area contributed by atoms with Gasteiger partial charge in [0.05, 0.1) is 28.6 Å². The van der Waals surface area contributed by atoms with E-state index in [0.29, 0.717) is 78.6 Å². The Morgan fingerprint density at radius 3 is 2.62 bits per heavy atom. The zero-order valence-electron chi connectivity index (χ0n) is 23.8. The number of likely N-dealkylation sites (N-methyl/N-ethyl adjacent to an activating group) is 1. The van der Waals surface area contributed by atoms with E-state index in [0.717, 1.165) is 0 Å². The molecule has 0 spiro atoms. The largest absolute Gasteiger partial charge is 0.478 e. The van der Waals surface area contributed by atoms with Crippen LogP contribution >= 0.6 is 23.2 Å². The molecule has 4 rings (SSSR count). The number of nitrogens with one attached hydrogen (secondary N) is 3. The zero-order chi connectivity index (χ0) is 30.2. The fourth-order valence-corrected chi connectivity index (χ4v) is 5.41. The number of hydrogen-bond donors (Lipinski definition) is 3. The van der Waals surface area contributed by atoms with E-state index in [4.69, 9.17) is 27.9 Å². The predicted molar refractivity (Wildman–Crippen MR) is 166 cm³/mol. The second kappa shape index (κ2) is 14.5. The number of ether oxygens (including phenoxy) is 1. The molecule has 0 bridgehead atoms. The fourth-order valence-electron chi connectivity index (χ4n) is 4.96. The van der Waals surface area contributed by atoms with E-state index >= 15 is 4.39 Å². The van der Waals surface area contributed by atoms with E-state index in [-0.39, 0.29) is 23.2 Å². The van der Waals surface area contributed by atoms with Gasteiger partial charge in [-0.25, -0.2) is 14.2 Å². The molecular weight excluding hydrogens is 582 g/mol. The number of carbonyl (C=O) groups is 2. The van der Waals surface area contributed by atoms with Gasteiger partial charge in [-0.1, -0.05) is 30.1 Å². The lowest BCUT2D eigenvalue weighted by molar-refractivity contribution is 0.0950. The van der Waals surface area contributed by atoms with Crippen molar-refractivity contribution < 1.29 is 18.7 Å². The van der Waals surface area contributed by atoms with Gasteiger partial charge in [-0.05, 0) is 62.9 Å². The van der Waals surface area contributed by atoms with Gasteiger partial charge in [0.2, 0.25) is 5.88 Å². The summed E-state index contributed by atoms with van der Waals surface area (Å²) in [5, 5.41) is 9.46. The molecule has 0 unspecified atom stereocenters. The van der Waals surface area contributed by atoms with E-state index in [1.165, 1.54) is 0 Å². The standard InChI is InChI=1S/C30H35Cl2FN6O3/c1-4-20-18-38(30(41)37-24-10-8-19(31)17-23(24)32)15-16-39(20)25-11-9-21(22-7-6-12-36-29(22)42-5-2)27(33)26(25)28(40)35-14-13-34-3/h6-12,17,20,34H,4-5,13-16,18H2,1-3H3,(H,35,40)(H,37,41)/t20-/m1/s1. The topological polar surface area (TPSA) is 98.8 Å². The molecule has 3 N–H and O–H groups in total. The van der Waals surface area contributed by atoms with Gasteiger partial charge in [0.25, 0.3) is 5.91 Å². The van der Waals surface area contributed by atoms with Crippen LogP contribution in [0.15, 0.2) is 48.7 Å². The van der Waals surface area contributed by atoms with Crippen molar-refractivity contribution in [2.75, 3.05) is 56.6 Å². The Kier molecular flexibility index (Phi) is 10.8. The van der Waals surface area contributed by atoms with Crippen molar-refractivity contribution in [3.63, 3.8) is 0 Å². The maximum absolute atomic E-state index is 16.4. The Bertz CT molecular complexity index is 1430. The van der Waals surface area contributed by atoms with Crippen molar-refractivity contribution in [3.05, 3.63) is 70.1 Å². The number of carbonyl (C=O) groups excluding carboxylic acids is 2. The number of anilines is 2. The third-order valence-corrected chi connectivity index (χ3v) is 7.62. The summed E-state index contributed by atoms with van der Waals surface area (Å²) in [5.41, 5.74) is 1.55. The van der Waals surface area contributed by atoms with Crippen LogP contribution in [-0.2, 0) is 0 Å². The molecule has 224 valence electrons. The van der Waals surface area contributed by atoms with Gasteiger partial charge in [0, 0.05) is 61.1 Å². The molecule has 2 heterocycles. The molecule has 1 fully saturated rings. The summed E-state index contributed by atoms with van der Waals surface area (Å²) in [5.74, 6) is -0.885. The normalized spacial score (nSPS) is 15.0. The molecule has 3 amide bonds. The van der Waals surface area contributed by atoms with Gasteiger partial charge < -0.3 is 30.5 Å². The number of piperazine rings is 1. The minimum atomic E-state index is -0.657. The van der Waals surface area contributed by atoms with Crippen molar-refractivity contribution in [1.29, 1.82) is 0 Å². The Labute approximate surface area is 255 Å². The van der Waals surface area contributed by atoms with Gasteiger partial charge in [-0.2, -0.15) is 0 Å². The molecule has 0 saturated carbocycles. The van der Waals surface area contributed by atoms with Gasteiger partial charge >= 0.3 is 6.03 Å². The molecule has 0 radical (unpaired) electrons. The van der Waals surface area contributed by atoms with Gasteiger partial charge in [-0.3, -0.25) is 4.79 Å². The zero-order valence-corrected chi connectivity index (χ0v) is 25.4. The average Bonchev–Trinajstić information content (AvgIpc) is 2.98. The first-order chi connectivity index (χ1) is 20.3. The molecule has 12 heteroatoms. The van der Waals surface area contributed by atoms with Crippen molar-refractivity contribution >= 4 is 46.5 Å². The molecule has 1 aliphatic rings. The first-order valence-corrected chi connectivity index (χ1v) is 14.7. The summed E-state index contributed by atoms with van der Waals surface area (Å²) < 4.78 is 22.1. The fraction of sp³-hybridized carbons (Fsp3) is 0.367. The lowest BCUT2D eigenvalue weighted by Gasteiger charge is -2.43. The highest BCUT2D eigenvalue weighted by Gasteiger charge is 2.33. The first kappa shape index (κ1) is 31.3. The molecule has 1 aromatic heterocycles. The Morgan fingerprint density at radius 1 is 1.10 bits per heavy atom.